The number of ketones is 2. The highest BCUT2D eigenvalue weighted by molar-refractivity contribution is 6.02. The number of fused-ring (bicyclic) bond motifs is 1. The molecule has 0 bridgehead atoms. The molecule has 17 nitrogen and oxygen atoms in total. The molecule has 1 heterocycles. The molecular weight excluding hydrogens is 1000 g/mol. The summed E-state index contributed by atoms with van der Waals surface area (Å²) >= 11 is 0. The molecule has 1 saturated heterocycles. The van der Waals surface area contributed by atoms with Crippen molar-refractivity contribution in [3.8, 4) is 0 Å². The van der Waals surface area contributed by atoms with Crippen LogP contribution in [0, 0.1) is 22.7 Å². The Kier molecular flexibility index (Phi) is 26.6. The summed E-state index contributed by atoms with van der Waals surface area (Å²) in [4.78, 5) is 111. The molecule has 1 unspecified atom stereocenters. The first-order valence-corrected chi connectivity index (χ1v) is 26.3. The van der Waals surface area contributed by atoms with E-state index in [1.54, 1.807) is 63.9 Å². The van der Waals surface area contributed by atoms with Crippen LogP contribution < -0.4 is 37.2 Å². The van der Waals surface area contributed by atoms with Gasteiger partial charge in [0.15, 0.2) is 11.6 Å². The maximum absolute atomic E-state index is 14.6. The van der Waals surface area contributed by atoms with Crippen LogP contribution >= 0.6 is 24.8 Å². The second-order valence-corrected chi connectivity index (χ2v) is 22.8. The van der Waals surface area contributed by atoms with Gasteiger partial charge in [-0.25, -0.2) is 0 Å². The number of unbranched alkanes of at least 4 members (excludes halogenated alkanes) is 2. The lowest BCUT2D eigenvalue weighted by molar-refractivity contribution is -0.144. The van der Waals surface area contributed by atoms with Crippen molar-refractivity contribution in [1.29, 1.82) is 0 Å². The minimum absolute atomic E-state index is 0. The molecular formula is C56H88Cl2N8O9. The number of Topliss-reactive ketones (excluding diaryl/α,β-unsaturated/α-hetero) is 2. The van der Waals surface area contributed by atoms with E-state index in [-0.39, 0.29) is 116 Å². The summed E-state index contributed by atoms with van der Waals surface area (Å²) in [6, 6.07) is 9.29. The fourth-order valence-electron chi connectivity index (χ4n) is 9.33. The van der Waals surface area contributed by atoms with Gasteiger partial charge in [0.1, 0.15) is 30.2 Å². The second kappa shape index (κ2) is 30.1. The molecule has 0 radical (unpaired) electrons. The van der Waals surface area contributed by atoms with Gasteiger partial charge < -0.3 is 47.2 Å². The molecule has 75 heavy (non-hydrogen) atoms. The zero-order valence-corrected chi connectivity index (χ0v) is 48.0. The fourth-order valence-corrected chi connectivity index (χ4v) is 9.33. The highest BCUT2D eigenvalue weighted by Crippen LogP contribution is 2.32. The normalized spacial score (nSPS) is 18.8. The number of amides is 6. The second-order valence-electron chi connectivity index (χ2n) is 22.8. The van der Waals surface area contributed by atoms with Crippen LogP contribution in [0.5, 0.6) is 0 Å². The number of nitrogens with one attached hydrogen (secondary N) is 7. The molecule has 1 aliphatic carbocycles. The van der Waals surface area contributed by atoms with Crippen LogP contribution in [0.3, 0.4) is 0 Å². The number of halogens is 2. The predicted molar refractivity (Wildman–Crippen MR) is 297 cm³/mol. The Bertz CT molecular complexity index is 2260. The van der Waals surface area contributed by atoms with Crippen LogP contribution in [-0.2, 0) is 41.6 Å². The third-order valence-corrected chi connectivity index (χ3v) is 14.5. The number of benzene rings is 2. The van der Waals surface area contributed by atoms with E-state index < -0.39 is 65.5 Å². The van der Waals surface area contributed by atoms with E-state index in [0.717, 1.165) is 12.8 Å². The first-order chi connectivity index (χ1) is 34.3. The molecule has 2 aliphatic rings. The van der Waals surface area contributed by atoms with Crippen LogP contribution in [0.1, 0.15) is 152 Å². The van der Waals surface area contributed by atoms with Crippen LogP contribution in [0.2, 0.25) is 0 Å². The number of carbonyl (C=O) groups excluding carboxylic acids is 8. The van der Waals surface area contributed by atoms with Gasteiger partial charge in [0, 0.05) is 42.6 Å². The third kappa shape index (κ3) is 19.2. The number of aryl methyl sites for hydroxylation is 1. The van der Waals surface area contributed by atoms with Gasteiger partial charge in [0.05, 0.1) is 12.6 Å². The molecule has 2 aromatic carbocycles. The van der Waals surface area contributed by atoms with Gasteiger partial charge in [-0.2, -0.15) is 0 Å². The molecule has 9 atom stereocenters. The standard InChI is InChI=1S/C56H86N8O9.2ClH/c1-33(2)34(3)59-50(69)42(61-53(72)47(55(5,6)7)62-51(70)43(32-65)58-12)23-14-13-15-24-45(66)39-21-18-22-40(29-39)46(67)28-36-27-44(52(71)60-41-26-25-37-19-16-17-20-38(37)30-41)64(31-36)54(73)48(56(8,9)10)63-49(68)35(4)57-11;;/h16-22,29,33-36,41-44,47-48,57-58,65H,13-15,23-28,30-32H2,1-12H3,(H,59,69)(H,60,71)(H,61,72)(H,62,70)(H,63,68);2*1H/t34-,35-,36+,41+,42-,43-,44?,47+,48+;;/m0../s1. The molecule has 1 aliphatic heterocycles. The Labute approximate surface area is 458 Å². The van der Waals surface area contributed by atoms with Gasteiger partial charge in [0.25, 0.3) is 0 Å². The lowest BCUT2D eigenvalue weighted by Crippen LogP contribution is -2.60. The van der Waals surface area contributed by atoms with Crippen molar-refractivity contribution in [2.45, 2.75) is 182 Å². The minimum Gasteiger partial charge on any atom is -0.394 e. The summed E-state index contributed by atoms with van der Waals surface area (Å²) in [6.07, 6.45) is 4.56. The van der Waals surface area contributed by atoms with E-state index in [4.69, 9.17) is 0 Å². The highest BCUT2D eigenvalue weighted by Gasteiger charge is 2.46. The average Bonchev–Trinajstić information content (AvgIpc) is 3.77. The summed E-state index contributed by atoms with van der Waals surface area (Å²) in [5.41, 5.74) is 1.74. The number of rotatable bonds is 25. The SMILES string of the molecule is CN[C@@H](C)C(=O)N[C@H](C(=O)N1C[C@@H](CC(=O)c2cccc(C(=O)CCCCC[C@H](NC(=O)[C@@H](NC(=O)[C@H](CO)NC)C(C)(C)C)C(=O)N[C@@H](C)C(C)C)c2)CC1C(=O)N[C@@H]1CCc2ccccc2C1)C(C)(C)C.Cl.Cl. The van der Waals surface area contributed by atoms with Crippen molar-refractivity contribution < 1.29 is 43.5 Å². The van der Waals surface area contributed by atoms with E-state index in [2.05, 4.69) is 49.4 Å². The lowest BCUT2D eigenvalue weighted by atomic mass is 9.85. The summed E-state index contributed by atoms with van der Waals surface area (Å²) in [5.74, 6) is -3.06. The van der Waals surface area contributed by atoms with Gasteiger partial charge in [-0.15, -0.1) is 24.8 Å². The summed E-state index contributed by atoms with van der Waals surface area (Å²) < 4.78 is 0. The Morgan fingerprint density at radius 2 is 1.28 bits per heavy atom. The molecule has 420 valence electrons. The van der Waals surface area contributed by atoms with Gasteiger partial charge in [0.2, 0.25) is 35.4 Å². The number of likely N-dealkylation sites (N-methyl/N-ethyl adjacent to an activating group) is 2. The number of nitrogens with zero attached hydrogens (tertiary/aromatic N) is 1. The molecule has 6 amide bonds. The monoisotopic (exact) mass is 1090 g/mol. The van der Waals surface area contributed by atoms with Crippen molar-refractivity contribution in [2.75, 3.05) is 27.2 Å². The number of hydrogen-bond acceptors (Lipinski definition) is 11. The van der Waals surface area contributed by atoms with Gasteiger partial charge in [-0.1, -0.05) is 111 Å². The van der Waals surface area contributed by atoms with E-state index in [0.29, 0.717) is 36.8 Å². The maximum Gasteiger partial charge on any atom is 0.246 e. The largest absolute Gasteiger partial charge is 0.394 e. The van der Waals surface area contributed by atoms with Crippen molar-refractivity contribution in [2.24, 2.45) is 22.7 Å². The molecule has 0 aromatic heterocycles. The maximum atomic E-state index is 14.6. The molecule has 2 aromatic rings. The molecule has 0 saturated carbocycles. The average molecular weight is 1090 g/mol. The van der Waals surface area contributed by atoms with Crippen LogP contribution in [0.25, 0.3) is 0 Å². The number of aliphatic hydroxyl groups excluding tert-OH is 1. The zero-order chi connectivity index (χ0) is 54.4. The Balaban J connectivity index is 0.00000963. The Morgan fingerprint density at radius 3 is 1.87 bits per heavy atom. The molecule has 4 rings (SSSR count). The number of likely N-dealkylation sites (tertiary alicyclic amines) is 1. The van der Waals surface area contributed by atoms with Crippen LogP contribution in [0.4, 0.5) is 0 Å². The summed E-state index contributed by atoms with van der Waals surface area (Å²) in [5, 5.41) is 30.0. The lowest BCUT2D eigenvalue weighted by Gasteiger charge is -2.36. The third-order valence-electron chi connectivity index (χ3n) is 14.5. The van der Waals surface area contributed by atoms with E-state index in [1.165, 1.54) is 18.2 Å². The van der Waals surface area contributed by atoms with Crippen LogP contribution in [0.15, 0.2) is 48.5 Å². The quantitative estimate of drug-likeness (QED) is 0.0485. The van der Waals surface area contributed by atoms with Gasteiger partial charge >= 0.3 is 0 Å². The summed E-state index contributed by atoms with van der Waals surface area (Å²) in [7, 11) is 3.19. The van der Waals surface area contributed by atoms with E-state index in [1.807, 2.05) is 53.7 Å². The first kappa shape index (κ1) is 66.2. The molecule has 8 N–H and O–H groups in total. The highest BCUT2D eigenvalue weighted by atomic mass is 35.5. The zero-order valence-electron chi connectivity index (χ0n) is 46.4. The first-order valence-electron chi connectivity index (χ1n) is 26.3. The fraction of sp³-hybridized carbons (Fsp3) is 0.643. The van der Waals surface area contributed by atoms with Crippen molar-refractivity contribution in [3.05, 3.63) is 70.8 Å². The van der Waals surface area contributed by atoms with E-state index >= 15 is 0 Å². The number of carbonyl (C=O) groups is 8. The van der Waals surface area contributed by atoms with Crippen molar-refractivity contribution in [1.82, 2.24) is 42.1 Å². The minimum atomic E-state index is -1.01. The predicted octanol–water partition coefficient (Wildman–Crippen LogP) is 5.02. The Hall–Kier alpha value is -4.94. The Morgan fingerprint density at radius 1 is 0.680 bits per heavy atom. The number of hydrogen-bond donors (Lipinski definition) is 8. The van der Waals surface area contributed by atoms with Crippen molar-refractivity contribution >= 4 is 71.8 Å². The number of aliphatic hydroxyl groups is 1. The van der Waals surface area contributed by atoms with Gasteiger partial charge in [-0.3, -0.25) is 38.4 Å². The van der Waals surface area contributed by atoms with E-state index in [9.17, 15) is 43.5 Å². The smallest absolute Gasteiger partial charge is 0.246 e. The molecule has 1 fully saturated rings. The topological polar surface area (TPSA) is 244 Å². The summed E-state index contributed by atoms with van der Waals surface area (Å²) in [6.45, 7) is 18.2. The molecule has 19 heteroatoms. The van der Waals surface area contributed by atoms with Crippen molar-refractivity contribution in [3.63, 3.8) is 0 Å². The van der Waals surface area contributed by atoms with Gasteiger partial charge in [-0.05, 0) is 106 Å². The molecule has 0 spiro atoms. The van der Waals surface area contributed by atoms with Crippen LogP contribution in [-0.4, -0.2) is 133 Å².